The Labute approximate surface area is 170 Å². The average molecular weight is 423 g/mol. The van der Waals surface area contributed by atoms with Crippen molar-refractivity contribution >= 4 is 27.3 Å². The molecular weight excluding hydrogens is 396 g/mol. The fourth-order valence-electron chi connectivity index (χ4n) is 3.18. The lowest BCUT2D eigenvalue weighted by atomic mass is 10.1. The molecule has 152 valence electrons. The minimum atomic E-state index is -3.64. The van der Waals surface area contributed by atoms with E-state index in [1.54, 1.807) is 13.1 Å². The fraction of sp³-hybridized carbons (Fsp3) is 0.421. The molecule has 28 heavy (non-hydrogen) atoms. The number of nitrogens with zero attached hydrogens (tertiary/aromatic N) is 2. The van der Waals surface area contributed by atoms with Gasteiger partial charge in [0.25, 0.3) is 0 Å². The summed E-state index contributed by atoms with van der Waals surface area (Å²) in [7, 11) is -1.89. The maximum absolute atomic E-state index is 11.4. The molecule has 0 spiro atoms. The Morgan fingerprint density at radius 1 is 1.32 bits per heavy atom. The van der Waals surface area contributed by atoms with Gasteiger partial charge >= 0.3 is 0 Å². The molecule has 3 rings (SSSR count). The Hall–Kier alpha value is -1.94. The molecule has 1 aromatic heterocycles. The van der Waals surface area contributed by atoms with E-state index in [2.05, 4.69) is 27.3 Å². The SMILES string of the molecule is CN=C(NCc1ccc(S(N)(=O)=O)s1)N1CCC(COCc2ccccc2)C1. The highest BCUT2D eigenvalue weighted by molar-refractivity contribution is 7.91. The summed E-state index contributed by atoms with van der Waals surface area (Å²) >= 11 is 1.18. The third-order valence-electron chi connectivity index (χ3n) is 4.60. The number of hydrogen-bond acceptors (Lipinski definition) is 5. The highest BCUT2D eigenvalue weighted by atomic mass is 32.2. The van der Waals surface area contributed by atoms with Crippen molar-refractivity contribution in [3.63, 3.8) is 0 Å². The standard InChI is InChI=1S/C19H26N4O3S2/c1-21-19(22-11-17-7-8-18(27-17)28(20,24)25)23-10-9-16(12-23)14-26-13-15-5-3-2-4-6-15/h2-8,16H,9-14H2,1H3,(H,21,22)(H2,20,24,25). The first-order valence-corrected chi connectivity index (χ1v) is 11.5. The summed E-state index contributed by atoms with van der Waals surface area (Å²) in [6.45, 7) is 3.69. The van der Waals surface area contributed by atoms with Crippen LogP contribution in [-0.4, -0.2) is 46.0 Å². The van der Waals surface area contributed by atoms with E-state index in [9.17, 15) is 8.42 Å². The number of aliphatic imine (C=N–C) groups is 1. The zero-order valence-electron chi connectivity index (χ0n) is 15.9. The predicted octanol–water partition coefficient (Wildman–Crippen LogP) is 2.01. The number of benzene rings is 1. The van der Waals surface area contributed by atoms with Gasteiger partial charge in [0.15, 0.2) is 5.96 Å². The average Bonchev–Trinajstić information content (AvgIpc) is 3.33. The number of ether oxygens (including phenoxy) is 1. The van der Waals surface area contributed by atoms with Crippen LogP contribution in [0.25, 0.3) is 0 Å². The molecule has 0 radical (unpaired) electrons. The molecule has 2 aromatic rings. The van der Waals surface area contributed by atoms with E-state index >= 15 is 0 Å². The fourth-order valence-corrected chi connectivity index (χ4v) is 4.90. The number of rotatable bonds is 7. The number of hydrogen-bond donors (Lipinski definition) is 2. The first kappa shape index (κ1) is 20.8. The van der Waals surface area contributed by atoms with Gasteiger partial charge in [-0.25, -0.2) is 13.6 Å². The lowest BCUT2D eigenvalue weighted by Gasteiger charge is -2.21. The lowest BCUT2D eigenvalue weighted by Crippen LogP contribution is -2.39. The Morgan fingerprint density at radius 3 is 2.79 bits per heavy atom. The Balaban J connectivity index is 1.44. The highest BCUT2D eigenvalue weighted by Crippen LogP contribution is 2.21. The molecular formula is C19H26N4O3S2. The quantitative estimate of drug-likeness (QED) is 0.526. The number of sulfonamides is 1. The summed E-state index contributed by atoms with van der Waals surface area (Å²) in [6.07, 6.45) is 1.06. The molecule has 1 atom stereocenters. The topological polar surface area (TPSA) is 97.0 Å². The van der Waals surface area contributed by atoms with Gasteiger partial charge in [0.1, 0.15) is 4.21 Å². The minimum absolute atomic E-state index is 0.177. The van der Waals surface area contributed by atoms with Crippen molar-refractivity contribution in [3.05, 3.63) is 52.9 Å². The van der Waals surface area contributed by atoms with E-state index in [4.69, 9.17) is 9.88 Å². The van der Waals surface area contributed by atoms with E-state index < -0.39 is 10.0 Å². The molecule has 0 bridgehead atoms. The molecule has 7 nitrogen and oxygen atoms in total. The zero-order valence-corrected chi connectivity index (χ0v) is 17.5. The van der Waals surface area contributed by atoms with Crippen molar-refractivity contribution in [2.45, 2.75) is 23.8 Å². The largest absolute Gasteiger partial charge is 0.376 e. The van der Waals surface area contributed by atoms with Gasteiger partial charge in [0.05, 0.1) is 19.8 Å². The molecule has 1 aromatic carbocycles. The van der Waals surface area contributed by atoms with E-state index in [0.717, 1.165) is 37.0 Å². The van der Waals surface area contributed by atoms with E-state index in [1.165, 1.54) is 23.0 Å². The predicted molar refractivity (Wildman–Crippen MR) is 112 cm³/mol. The molecule has 3 N–H and O–H groups in total. The van der Waals surface area contributed by atoms with Crippen LogP contribution >= 0.6 is 11.3 Å². The van der Waals surface area contributed by atoms with Crippen LogP contribution in [0.2, 0.25) is 0 Å². The first-order chi connectivity index (χ1) is 13.5. The number of primary sulfonamides is 1. The number of nitrogens with two attached hydrogens (primary N) is 1. The van der Waals surface area contributed by atoms with Crippen molar-refractivity contribution in [3.8, 4) is 0 Å². The molecule has 1 saturated heterocycles. The van der Waals surface area contributed by atoms with Crippen LogP contribution < -0.4 is 10.5 Å². The van der Waals surface area contributed by atoms with Gasteiger partial charge in [-0.15, -0.1) is 11.3 Å². The highest BCUT2D eigenvalue weighted by Gasteiger charge is 2.25. The van der Waals surface area contributed by atoms with Gasteiger partial charge in [-0.3, -0.25) is 4.99 Å². The van der Waals surface area contributed by atoms with Crippen molar-refractivity contribution < 1.29 is 13.2 Å². The van der Waals surface area contributed by atoms with Crippen LogP contribution in [0, 0.1) is 5.92 Å². The smallest absolute Gasteiger partial charge is 0.247 e. The van der Waals surface area contributed by atoms with Gasteiger partial charge in [0, 0.05) is 30.9 Å². The van der Waals surface area contributed by atoms with E-state index in [1.807, 2.05) is 18.2 Å². The van der Waals surface area contributed by atoms with Gasteiger partial charge < -0.3 is 15.0 Å². The van der Waals surface area contributed by atoms with Crippen molar-refractivity contribution in [2.75, 3.05) is 26.7 Å². The van der Waals surface area contributed by atoms with Crippen LogP contribution in [-0.2, 0) is 27.9 Å². The van der Waals surface area contributed by atoms with E-state index in [-0.39, 0.29) is 4.21 Å². The van der Waals surface area contributed by atoms with Crippen molar-refractivity contribution in [1.29, 1.82) is 0 Å². The third-order valence-corrected chi connectivity index (χ3v) is 7.12. The molecule has 0 aliphatic carbocycles. The lowest BCUT2D eigenvalue weighted by molar-refractivity contribution is 0.0906. The summed E-state index contributed by atoms with van der Waals surface area (Å²) in [5, 5.41) is 8.47. The van der Waals surface area contributed by atoms with Crippen LogP contribution in [0.5, 0.6) is 0 Å². The number of thiophene rings is 1. The Morgan fingerprint density at radius 2 is 2.11 bits per heavy atom. The molecule has 0 saturated carbocycles. The van der Waals surface area contributed by atoms with Gasteiger partial charge in [-0.05, 0) is 24.1 Å². The Kier molecular flexibility index (Phi) is 7.06. The number of nitrogens with one attached hydrogen (secondary N) is 1. The molecule has 0 amide bonds. The van der Waals surface area contributed by atoms with Gasteiger partial charge in [0.2, 0.25) is 10.0 Å². The van der Waals surface area contributed by atoms with Gasteiger partial charge in [-0.1, -0.05) is 30.3 Å². The normalized spacial score (nSPS) is 17.9. The molecule has 9 heteroatoms. The first-order valence-electron chi connectivity index (χ1n) is 9.14. The van der Waals surface area contributed by atoms with Gasteiger partial charge in [-0.2, -0.15) is 0 Å². The zero-order chi connectivity index (χ0) is 20.0. The second-order valence-electron chi connectivity index (χ2n) is 6.77. The number of likely N-dealkylation sites (tertiary alicyclic amines) is 1. The summed E-state index contributed by atoms with van der Waals surface area (Å²) in [4.78, 5) is 7.46. The summed E-state index contributed by atoms with van der Waals surface area (Å²) in [5.41, 5.74) is 1.18. The molecule has 1 aliphatic rings. The van der Waals surface area contributed by atoms with Crippen LogP contribution in [0.4, 0.5) is 0 Å². The summed E-state index contributed by atoms with van der Waals surface area (Å²) in [6, 6.07) is 13.5. The number of guanidine groups is 1. The van der Waals surface area contributed by atoms with Crippen molar-refractivity contribution in [2.24, 2.45) is 16.0 Å². The maximum atomic E-state index is 11.4. The molecule has 1 aliphatic heterocycles. The van der Waals surface area contributed by atoms with Crippen LogP contribution in [0.3, 0.4) is 0 Å². The maximum Gasteiger partial charge on any atom is 0.247 e. The second kappa shape index (κ2) is 9.51. The molecule has 2 heterocycles. The van der Waals surface area contributed by atoms with Crippen molar-refractivity contribution in [1.82, 2.24) is 10.2 Å². The molecule has 1 fully saturated rings. The Bertz CT molecular complexity index is 897. The molecule has 1 unspecified atom stereocenters. The summed E-state index contributed by atoms with van der Waals surface area (Å²) in [5.74, 6) is 1.29. The van der Waals surface area contributed by atoms with E-state index in [0.29, 0.717) is 19.1 Å². The second-order valence-corrected chi connectivity index (χ2v) is 9.72. The summed E-state index contributed by atoms with van der Waals surface area (Å²) < 4.78 is 28.8. The van der Waals surface area contributed by atoms with Crippen LogP contribution in [0.1, 0.15) is 16.9 Å². The van der Waals surface area contributed by atoms with Crippen LogP contribution in [0.15, 0.2) is 51.7 Å². The monoisotopic (exact) mass is 422 g/mol. The minimum Gasteiger partial charge on any atom is -0.376 e. The third kappa shape index (κ3) is 5.78.